The molecular weight excluding hydrogens is 645 g/mol. The molecular formula is C34H53NO12P-. The van der Waals surface area contributed by atoms with Crippen LogP contribution in [0.15, 0.2) is 23.8 Å². The lowest BCUT2D eigenvalue weighted by molar-refractivity contribution is -0.228. The Kier molecular flexibility index (Phi) is 13.5. The first-order chi connectivity index (χ1) is 22.5. The van der Waals surface area contributed by atoms with Crippen LogP contribution in [0.25, 0.3) is 0 Å². The number of carbonyl (C=O) groups excluding carboxylic acids is 3. The van der Waals surface area contributed by atoms with Gasteiger partial charge in [-0.3, -0.25) is 18.9 Å². The molecule has 2 heterocycles. The predicted molar refractivity (Wildman–Crippen MR) is 172 cm³/mol. The van der Waals surface area contributed by atoms with Gasteiger partial charge in [0.15, 0.2) is 0 Å². The number of phosphoric acid groups is 1. The highest BCUT2D eigenvalue weighted by Gasteiger charge is 2.43. The van der Waals surface area contributed by atoms with Crippen molar-refractivity contribution in [3.8, 4) is 0 Å². The average molecular weight is 699 g/mol. The zero-order valence-electron chi connectivity index (χ0n) is 28.7. The Balaban J connectivity index is 1.23. The van der Waals surface area contributed by atoms with Crippen LogP contribution in [0, 0.1) is 29.1 Å². The molecule has 2 aliphatic heterocycles. The van der Waals surface area contributed by atoms with E-state index in [0.29, 0.717) is 25.7 Å². The fourth-order valence-corrected chi connectivity index (χ4v) is 7.91. The van der Waals surface area contributed by atoms with Crippen molar-refractivity contribution in [2.24, 2.45) is 29.1 Å². The van der Waals surface area contributed by atoms with E-state index in [2.05, 4.69) is 37.4 Å². The third-order valence-electron chi connectivity index (χ3n) is 9.92. The minimum atomic E-state index is -4.66. The number of cyclic esters (lactones) is 1. The fraction of sp³-hybridized carbons (Fsp3) is 0.794. The molecule has 4 rings (SSSR count). The van der Waals surface area contributed by atoms with Crippen molar-refractivity contribution < 1.29 is 57.3 Å². The smallest absolute Gasteiger partial charge is 0.311 e. The Hall–Kier alpha value is -2.12. The van der Waals surface area contributed by atoms with Gasteiger partial charge in [0.25, 0.3) is 7.82 Å². The minimum absolute atomic E-state index is 0.0197. The molecule has 272 valence electrons. The molecule has 2 aliphatic carbocycles. The predicted octanol–water partition coefficient (Wildman–Crippen LogP) is 3.11. The molecule has 0 radical (unpaired) electrons. The molecule has 11 atom stereocenters. The van der Waals surface area contributed by atoms with Gasteiger partial charge in [-0.25, -0.2) is 0 Å². The number of nitrogens with one attached hydrogen (secondary N) is 1. The van der Waals surface area contributed by atoms with E-state index in [0.717, 1.165) is 12.0 Å². The number of ether oxygens (including phenoxy) is 3. The molecule has 2 saturated heterocycles. The summed E-state index contributed by atoms with van der Waals surface area (Å²) < 4.78 is 38.8. The second kappa shape index (κ2) is 16.7. The van der Waals surface area contributed by atoms with Gasteiger partial charge in [0, 0.05) is 31.7 Å². The van der Waals surface area contributed by atoms with Crippen molar-refractivity contribution in [1.29, 1.82) is 0 Å². The van der Waals surface area contributed by atoms with Crippen LogP contribution in [-0.4, -0.2) is 84.4 Å². The van der Waals surface area contributed by atoms with E-state index < -0.39 is 37.5 Å². The van der Waals surface area contributed by atoms with Gasteiger partial charge in [-0.1, -0.05) is 32.1 Å². The normalized spacial score (nSPS) is 34.8. The number of hydrogen-bond donors (Lipinski definition) is 3. The Morgan fingerprint density at radius 2 is 1.88 bits per heavy atom. The average Bonchev–Trinajstić information content (AvgIpc) is 3.32. The van der Waals surface area contributed by atoms with E-state index in [9.17, 15) is 34.1 Å². The third-order valence-corrected chi connectivity index (χ3v) is 10.9. The summed E-state index contributed by atoms with van der Waals surface area (Å²) in [4.78, 5) is 50.0. The van der Waals surface area contributed by atoms with Crippen LogP contribution in [0.3, 0.4) is 0 Å². The van der Waals surface area contributed by atoms with Gasteiger partial charge in [0.1, 0.15) is 18.3 Å². The van der Waals surface area contributed by atoms with Crippen LogP contribution in [0.1, 0.15) is 86.0 Å². The molecule has 3 N–H and O–H groups in total. The maximum atomic E-state index is 13.6. The standard InChI is InChI=1S/C34H54NO12P/c1-20-14-23-7-6-21(2)26(9-8-25-17-24(36)18-31(39)46-25)32(23)28(15-20)47-33(40)34(4,5)11-10-30(38)35-12-13-43-48(41,42)44-19-29-27(37)16-22(3)45-29/h6-7,14,20-22,24-29,32,36-37H,8-13,15-19H2,1-5H3,(H,35,38)(H,41,42)/p-1/t20-,21-,22-,24+,25+,26-,27?,28-,29+,32-/m0/s1. The molecule has 0 bridgehead atoms. The molecule has 48 heavy (non-hydrogen) atoms. The van der Waals surface area contributed by atoms with Gasteiger partial charge in [-0.15, -0.1) is 0 Å². The number of allylic oxidation sites excluding steroid dienone is 3. The number of rotatable bonds is 15. The van der Waals surface area contributed by atoms with Crippen LogP contribution in [0.5, 0.6) is 0 Å². The molecule has 0 aromatic heterocycles. The fourth-order valence-electron chi connectivity index (χ4n) is 7.19. The van der Waals surface area contributed by atoms with Gasteiger partial charge in [0.05, 0.1) is 43.4 Å². The van der Waals surface area contributed by atoms with Crippen LogP contribution in [-0.2, 0) is 42.2 Å². The molecule has 2 unspecified atom stereocenters. The molecule has 0 saturated carbocycles. The lowest BCUT2D eigenvalue weighted by Crippen LogP contribution is -2.43. The highest BCUT2D eigenvalue weighted by atomic mass is 31.2. The number of aliphatic hydroxyl groups is 2. The van der Waals surface area contributed by atoms with Crippen molar-refractivity contribution in [2.45, 2.75) is 123 Å². The molecule has 0 aromatic rings. The molecule has 0 aromatic carbocycles. The van der Waals surface area contributed by atoms with Crippen molar-refractivity contribution >= 4 is 25.7 Å². The number of fused-ring (bicyclic) bond motifs is 1. The lowest BCUT2D eigenvalue weighted by Gasteiger charge is -2.44. The van der Waals surface area contributed by atoms with Crippen LogP contribution in [0.2, 0.25) is 0 Å². The van der Waals surface area contributed by atoms with Crippen molar-refractivity contribution in [2.75, 3.05) is 19.8 Å². The summed E-state index contributed by atoms with van der Waals surface area (Å²) in [6.07, 6.45) is 6.53. The van der Waals surface area contributed by atoms with E-state index in [-0.39, 0.29) is 92.9 Å². The van der Waals surface area contributed by atoms with Crippen molar-refractivity contribution in [1.82, 2.24) is 5.32 Å². The van der Waals surface area contributed by atoms with Crippen LogP contribution >= 0.6 is 7.82 Å². The Labute approximate surface area is 283 Å². The summed E-state index contributed by atoms with van der Waals surface area (Å²) in [5, 5.41) is 22.5. The van der Waals surface area contributed by atoms with Gasteiger partial charge >= 0.3 is 11.9 Å². The highest BCUT2D eigenvalue weighted by molar-refractivity contribution is 7.45. The maximum Gasteiger partial charge on any atom is 0.311 e. The first-order valence-electron chi connectivity index (χ1n) is 17.2. The van der Waals surface area contributed by atoms with Crippen molar-refractivity contribution in [3.05, 3.63) is 23.8 Å². The quantitative estimate of drug-likeness (QED) is 0.129. The van der Waals surface area contributed by atoms with Crippen molar-refractivity contribution in [3.63, 3.8) is 0 Å². The summed E-state index contributed by atoms with van der Waals surface area (Å²) in [5.74, 6) is -0.577. The van der Waals surface area contributed by atoms with Gasteiger partial charge in [-0.2, -0.15) is 0 Å². The van der Waals surface area contributed by atoms with Gasteiger partial charge in [0.2, 0.25) is 5.91 Å². The third kappa shape index (κ3) is 10.9. The largest absolute Gasteiger partial charge is 0.756 e. The molecule has 1 amide bonds. The van der Waals surface area contributed by atoms with Gasteiger partial charge < -0.3 is 43.7 Å². The number of hydrogen-bond acceptors (Lipinski definition) is 12. The second-order valence-electron chi connectivity index (χ2n) is 14.6. The SMILES string of the molecule is C[C@H]1C=C2C=C[C@H](C)[C@H](CC[C@@H]3C[C@@H](O)CC(=O)O3)[C@H]2[C@@H](OC(=O)C(C)(C)CCC(=O)NCCOP(=O)([O-])OC[C@H]2O[C@@H](C)CC2O)C1. The molecule has 13 nitrogen and oxygen atoms in total. The molecule has 14 heteroatoms. The topological polar surface area (TPSA) is 190 Å². The zero-order chi connectivity index (χ0) is 35.2. The Morgan fingerprint density at radius 3 is 2.56 bits per heavy atom. The number of phosphoric ester groups is 1. The lowest BCUT2D eigenvalue weighted by atomic mass is 9.65. The summed E-state index contributed by atoms with van der Waals surface area (Å²) in [5.41, 5.74) is 0.182. The Morgan fingerprint density at radius 1 is 1.12 bits per heavy atom. The number of amides is 1. The summed E-state index contributed by atoms with van der Waals surface area (Å²) >= 11 is 0. The van der Waals surface area contributed by atoms with Gasteiger partial charge in [-0.05, 0) is 69.8 Å². The van der Waals surface area contributed by atoms with E-state index in [1.54, 1.807) is 20.8 Å². The number of esters is 2. The first-order valence-corrected chi connectivity index (χ1v) is 18.7. The second-order valence-corrected chi connectivity index (χ2v) is 16.0. The van der Waals surface area contributed by atoms with E-state index in [1.807, 2.05) is 0 Å². The van der Waals surface area contributed by atoms with Crippen LogP contribution in [0.4, 0.5) is 0 Å². The highest BCUT2D eigenvalue weighted by Crippen LogP contribution is 2.46. The summed E-state index contributed by atoms with van der Waals surface area (Å²) in [6.45, 7) is 8.72. The monoisotopic (exact) mass is 698 g/mol. The molecule has 2 fully saturated rings. The number of aliphatic hydroxyl groups excluding tert-OH is 2. The number of carbonyl (C=O) groups is 3. The maximum absolute atomic E-state index is 13.6. The van der Waals surface area contributed by atoms with E-state index in [1.165, 1.54) is 0 Å². The van der Waals surface area contributed by atoms with Crippen LogP contribution < -0.4 is 10.2 Å². The molecule has 4 aliphatic rings. The minimum Gasteiger partial charge on any atom is -0.756 e. The summed E-state index contributed by atoms with van der Waals surface area (Å²) in [7, 11) is -4.66. The van der Waals surface area contributed by atoms with E-state index >= 15 is 0 Å². The zero-order valence-corrected chi connectivity index (χ0v) is 29.6. The first kappa shape index (κ1) is 38.7. The van der Waals surface area contributed by atoms with E-state index in [4.69, 9.17) is 23.3 Å². The summed E-state index contributed by atoms with van der Waals surface area (Å²) in [6, 6.07) is 0. The Bertz CT molecular complexity index is 1250. The molecule has 0 spiro atoms.